The van der Waals surface area contributed by atoms with Crippen LogP contribution >= 0.6 is 0 Å². The third kappa shape index (κ3) is 4.96. The molecule has 0 aliphatic carbocycles. The lowest BCUT2D eigenvalue weighted by molar-refractivity contribution is 0.0907. The van der Waals surface area contributed by atoms with E-state index in [1.54, 1.807) is 13.2 Å². The van der Waals surface area contributed by atoms with E-state index >= 15 is 0 Å². The molecule has 1 aromatic heterocycles. The maximum atomic E-state index is 10.9. The first kappa shape index (κ1) is 12.2. The van der Waals surface area contributed by atoms with Gasteiger partial charge in [-0.1, -0.05) is 4.89 Å². The van der Waals surface area contributed by atoms with Crippen LogP contribution in [0.5, 0.6) is 0 Å². The molecule has 0 fully saturated rings. The van der Waals surface area contributed by atoms with Crippen molar-refractivity contribution in [3.05, 3.63) is 24.2 Å². The van der Waals surface area contributed by atoms with Crippen molar-refractivity contribution in [3.63, 3.8) is 0 Å². The summed E-state index contributed by atoms with van der Waals surface area (Å²) in [5.41, 5.74) is 0. The van der Waals surface area contributed by atoms with Gasteiger partial charge in [0, 0.05) is 6.42 Å². The molecule has 0 unspecified atom stereocenters. The average Bonchev–Trinajstić information content (AvgIpc) is 2.70. The highest BCUT2D eigenvalue weighted by Crippen LogP contribution is 2.03. The Balaban J connectivity index is 2.08. The van der Waals surface area contributed by atoms with E-state index in [-0.39, 0.29) is 5.75 Å². The molecule has 0 saturated heterocycles. The molecule has 0 aliphatic rings. The van der Waals surface area contributed by atoms with E-state index in [2.05, 4.69) is 0 Å². The molecule has 0 spiro atoms. The summed E-state index contributed by atoms with van der Waals surface area (Å²) in [5, 5.41) is 0. The molecule has 0 bridgehead atoms. The van der Waals surface area contributed by atoms with Gasteiger partial charge in [-0.3, -0.25) is 4.84 Å². The molecular formula is C9H15NO4S. The smallest absolute Gasteiger partial charge is 0.233 e. The summed E-state index contributed by atoms with van der Waals surface area (Å²) in [6.07, 6.45) is 3.05. The highest BCUT2D eigenvalue weighted by Gasteiger charge is 2.05. The third-order valence-electron chi connectivity index (χ3n) is 1.82. The molecule has 86 valence electrons. The van der Waals surface area contributed by atoms with E-state index in [0.29, 0.717) is 13.0 Å². The number of sulfonamides is 1. The number of nitrogens with one attached hydrogen (secondary N) is 1. The summed E-state index contributed by atoms with van der Waals surface area (Å²) in [5.74, 6) is 0.891. The molecule has 0 atom stereocenters. The van der Waals surface area contributed by atoms with Crippen LogP contribution in [0.1, 0.15) is 19.1 Å². The molecule has 1 heterocycles. The van der Waals surface area contributed by atoms with Gasteiger partial charge < -0.3 is 4.42 Å². The molecule has 0 radical (unpaired) electrons. The molecule has 0 amide bonds. The fourth-order valence-corrected chi connectivity index (χ4v) is 1.34. The minimum Gasteiger partial charge on any atom is -0.469 e. The Morgan fingerprint density at radius 1 is 1.53 bits per heavy atom. The highest BCUT2D eigenvalue weighted by molar-refractivity contribution is 7.89. The van der Waals surface area contributed by atoms with Crippen LogP contribution in [0.15, 0.2) is 22.8 Å². The molecule has 1 rings (SSSR count). The van der Waals surface area contributed by atoms with Crippen molar-refractivity contribution in [2.45, 2.75) is 19.8 Å². The zero-order valence-electron chi connectivity index (χ0n) is 8.60. The van der Waals surface area contributed by atoms with Crippen molar-refractivity contribution >= 4 is 10.0 Å². The van der Waals surface area contributed by atoms with E-state index in [1.165, 1.54) is 0 Å². The van der Waals surface area contributed by atoms with Gasteiger partial charge in [-0.2, -0.15) is 0 Å². The fraction of sp³-hybridized carbons (Fsp3) is 0.556. The summed E-state index contributed by atoms with van der Waals surface area (Å²) in [4.78, 5) is 6.84. The second-order valence-corrected chi connectivity index (χ2v) is 4.99. The number of hydrogen-bond donors (Lipinski definition) is 1. The van der Waals surface area contributed by atoms with Crippen molar-refractivity contribution in [1.82, 2.24) is 4.89 Å². The van der Waals surface area contributed by atoms with Crippen LogP contribution in [-0.2, 0) is 21.3 Å². The molecule has 5 nitrogen and oxygen atoms in total. The van der Waals surface area contributed by atoms with E-state index < -0.39 is 10.0 Å². The highest BCUT2D eigenvalue weighted by atomic mass is 32.2. The van der Waals surface area contributed by atoms with Gasteiger partial charge in [0.1, 0.15) is 5.76 Å². The standard InChI is InChI=1S/C9H15NO4S/c1-2-15(11,12)10-14-8-4-6-9-5-3-7-13-9/h3,5,7,10H,2,4,6,8H2,1H3. The second kappa shape index (κ2) is 5.89. The van der Waals surface area contributed by atoms with Crippen molar-refractivity contribution in [3.8, 4) is 0 Å². The Labute approximate surface area is 89.4 Å². The van der Waals surface area contributed by atoms with E-state index in [9.17, 15) is 8.42 Å². The second-order valence-electron chi connectivity index (χ2n) is 3.02. The van der Waals surface area contributed by atoms with Crippen molar-refractivity contribution in [2.75, 3.05) is 12.4 Å². The molecule has 0 aromatic carbocycles. The Morgan fingerprint density at radius 3 is 2.93 bits per heavy atom. The van der Waals surface area contributed by atoms with Gasteiger partial charge in [0.2, 0.25) is 10.0 Å². The van der Waals surface area contributed by atoms with Gasteiger partial charge in [0.05, 0.1) is 18.6 Å². The monoisotopic (exact) mass is 233 g/mol. The SMILES string of the molecule is CCS(=O)(=O)NOCCCc1ccco1. The van der Waals surface area contributed by atoms with E-state index in [0.717, 1.165) is 12.2 Å². The molecule has 0 aliphatic heterocycles. The van der Waals surface area contributed by atoms with E-state index in [1.807, 2.05) is 17.0 Å². The van der Waals surface area contributed by atoms with Crippen molar-refractivity contribution in [2.24, 2.45) is 0 Å². The topological polar surface area (TPSA) is 68.5 Å². The Morgan fingerprint density at radius 2 is 2.33 bits per heavy atom. The lowest BCUT2D eigenvalue weighted by Crippen LogP contribution is -2.26. The molecule has 0 saturated carbocycles. The quantitative estimate of drug-likeness (QED) is 0.565. The van der Waals surface area contributed by atoms with Crippen LogP contribution in [-0.4, -0.2) is 20.8 Å². The zero-order valence-corrected chi connectivity index (χ0v) is 9.42. The van der Waals surface area contributed by atoms with Crippen LogP contribution < -0.4 is 4.89 Å². The summed E-state index contributed by atoms with van der Waals surface area (Å²) in [7, 11) is -3.25. The van der Waals surface area contributed by atoms with Crippen molar-refractivity contribution < 1.29 is 17.7 Å². The average molecular weight is 233 g/mol. The maximum absolute atomic E-state index is 10.9. The number of furan rings is 1. The molecule has 1 N–H and O–H groups in total. The normalized spacial score (nSPS) is 11.8. The third-order valence-corrected chi connectivity index (χ3v) is 2.95. The van der Waals surface area contributed by atoms with Crippen molar-refractivity contribution in [1.29, 1.82) is 0 Å². The van der Waals surface area contributed by atoms with Gasteiger partial charge in [-0.15, -0.1) is 0 Å². The first-order chi connectivity index (χ1) is 7.14. The Bertz CT molecular complexity index is 357. The van der Waals surface area contributed by atoms with Gasteiger partial charge in [-0.25, -0.2) is 8.42 Å². The van der Waals surface area contributed by atoms with Crippen LogP contribution in [0.25, 0.3) is 0 Å². The summed E-state index contributed by atoms with van der Waals surface area (Å²) < 4.78 is 27.0. The largest absolute Gasteiger partial charge is 0.469 e. The number of hydrogen-bond acceptors (Lipinski definition) is 4. The number of rotatable bonds is 7. The van der Waals surface area contributed by atoms with Crippen LogP contribution in [0.2, 0.25) is 0 Å². The lowest BCUT2D eigenvalue weighted by atomic mass is 10.3. The fourth-order valence-electron chi connectivity index (χ4n) is 0.964. The first-order valence-electron chi connectivity index (χ1n) is 4.77. The van der Waals surface area contributed by atoms with Gasteiger partial charge in [0.15, 0.2) is 0 Å². The molecule has 6 heteroatoms. The molecular weight excluding hydrogens is 218 g/mol. The summed E-state index contributed by atoms with van der Waals surface area (Å²) in [6.45, 7) is 1.88. The summed E-state index contributed by atoms with van der Waals surface area (Å²) >= 11 is 0. The first-order valence-corrected chi connectivity index (χ1v) is 6.43. The molecule has 15 heavy (non-hydrogen) atoms. The minimum atomic E-state index is -3.25. The Hall–Kier alpha value is -0.850. The van der Waals surface area contributed by atoms with Gasteiger partial charge >= 0.3 is 0 Å². The van der Waals surface area contributed by atoms with Gasteiger partial charge in [-0.05, 0) is 25.5 Å². The van der Waals surface area contributed by atoms with E-state index in [4.69, 9.17) is 9.25 Å². The zero-order chi connectivity index (χ0) is 11.1. The van der Waals surface area contributed by atoms with Crippen LogP contribution in [0, 0.1) is 0 Å². The lowest BCUT2D eigenvalue weighted by Gasteiger charge is -2.04. The molecule has 1 aromatic rings. The maximum Gasteiger partial charge on any atom is 0.233 e. The Kier molecular flexibility index (Phi) is 4.80. The summed E-state index contributed by atoms with van der Waals surface area (Å²) in [6, 6.07) is 3.69. The van der Waals surface area contributed by atoms with Crippen LogP contribution in [0.4, 0.5) is 0 Å². The minimum absolute atomic E-state index is 0.0190. The number of aryl methyl sites for hydroxylation is 1. The van der Waals surface area contributed by atoms with Crippen LogP contribution in [0.3, 0.4) is 0 Å². The predicted octanol–water partition coefficient (Wildman–Crippen LogP) is 1.08. The predicted molar refractivity (Wildman–Crippen MR) is 55.6 cm³/mol. The van der Waals surface area contributed by atoms with Gasteiger partial charge in [0.25, 0.3) is 0 Å².